The maximum Gasteiger partial charge on any atom is 0.193 e. The molecule has 0 amide bonds. The molecule has 1 N–H and O–H groups in total. The first-order valence-electron chi connectivity index (χ1n) is 9.80. The monoisotopic (exact) mass is 361 g/mol. The molecular weight excluding hydrogens is 326 g/mol. The van der Waals surface area contributed by atoms with E-state index >= 15 is 0 Å². The third-order valence-electron chi connectivity index (χ3n) is 4.77. The Bertz CT molecular complexity index is 554. The highest BCUT2D eigenvalue weighted by atomic mass is 16.5. The number of benzene rings is 1. The average Bonchev–Trinajstić information content (AvgIpc) is 2.66. The smallest absolute Gasteiger partial charge is 0.193 e. The highest BCUT2D eigenvalue weighted by Crippen LogP contribution is 2.20. The first-order valence-corrected chi connectivity index (χ1v) is 9.80. The lowest BCUT2D eigenvalue weighted by Crippen LogP contribution is -2.39. The molecule has 0 aliphatic carbocycles. The van der Waals surface area contributed by atoms with Gasteiger partial charge in [-0.2, -0.15) is 0 Å². The molecule has 2 rings (SSSR count). The molecule has 1 saturated heterocycles. The Hall–Kier alpha value is -1.75. The number of rotatable bonds is 8. The van der Waals surface area contributed by atoms with E-state index in [2.05, 4.69) is 48.2 Å². The third-order valence-corrected chi connectivity index (χ3v) is 4.77. The first-order chi connectivity index (χ1) is 12.6. The van der Waals surface area contributed by atoms with Gasteiger partial charge in [0.25, 0.3) is 0 Å². The molecule has 0 bridgehead atoms. The van der Waals surface area contributed by atoms with Crippen LogP contribution in [0.3, 0.4) is 0 Å². The lowest BCUT2D eigenvalue weighted by Gasteiger charge is -2.27. The summed E-state index contributed by atoms with van der Waals surface area (Å²) in [5.41, 5.74) is 1.16. The van der Waals surface area contributed by atoms with Crippen molar-refractivity contribution in [1.82, 2.24) is 10.2 Å². The van der Waals surface area contributed by atoms with Crippen LogP contribution in [0, 0.1) is 11.8 Å². The van der Waals surface area contributed by atoms with Gasteiger partial charge in [-0.3, -0.25) is 4.99 Å². The number of ether oxygens (including phenoxy) is 2. The van der Waals surface area contributed by atoms with Crippen LogP contribution in [0.4, 0.5) is 0 Å². The fourth-order valence-corrected chi connectivity index (χ4v) is 3.12. The molecule has 0 saturated carbocycles. The number of hydrogen-bond donors (Lipinski definition) is 1. The lowest BCUT2D eigenvalue weighted by molar-refractivity contribution is 0.0625. The second-order valence-corrected chi connectivity index (χ2v) is 7.48. The van der Waals surface area contributed by atoms with Gasteiger partial charge in [0.15, 0.2) is 5.96 Å². The molecular formula is C21H35N3O2. The van der Waals surface area contributed by atoms with E-state index in [1.54, 1.807) is 0 Å². The minimum absolute atomic E-state index is 0.514. The third kappa shape index (κ3) is 6.87. The maximum atomic E-state index is 5.95. The van der Waals surface area contributed by atoms with Crippen LogP contribution >= 0.6 is 0 Å². The summed E-state index contributed by atoms with van der Waals surface area (Å²) in [7, 11) is 3.95. The largest absolute Gasteiger partial charge is 0.493 e. The predicted molar refractivity (Wildman–Crippen MR) is 108 cm³/mol. The minimum Gasteiger partial charge on any atom is -0.493 e. The molecule has 1 heterocycles. The van der Waals surface area contributed by atoms with Gasteiger partial charge in [0.2, 0.25) is 0 Å². The fourth-order valence-electron chi connectivity index (χ4n) is 3.12. The molecule has 26 heavy (non-hydrogen) atoms. The number of nitrogens with one attached hydrogen (secondary N) is 1. The van der Waals surface area contributed by atoms with Crippen molar-refractivity contribution in [2.24, 2.45) is 16.8 Å². The van der Waals surface area contributed by atoms with Gasteiger partial charge in [0, 0.05) is 46.0 Å². The van der Waals surface area contributed by atoms with Gasteiger partial charge in [0.05, 0.1) is 6.61 Å². The van der Waals surface area contributed by atoms with E-state index in [9.17, 15) is 0 Å². The summed E-state index contributed by atoms with van der Waals surface area (Å²) >= 11 is 0. The van der Waals surface area contributed by atoms with E-state index in [1.165, 1.54) is 19.3 Å². The predicted octanol–water partition coefficient (Wildman–Crippen LogP) is 3.55. The van der Waals surface area contributed by atoms with Gasteiger partial charge in [-0.05, 0) is 37.2 Å². The number of hydrogen-bond acceptors (Lipinski definition) is 3. The van der Waals surface area contributed by atoms with Crippen molar-refractivity contribution in [3.05, 3.63) is 29.8 Å². The van der Waals surface area contributed by atoms with Crippen molar-refractivity contribution >= 4 is 5.96 Å². The Morgan fingerprint density at radius 2 is 2.04 bits per heavy atom. The Morgan fingerprint density at radius 3 is 2.73 bits per heavy atom. The average molecular weight is 362 g/mol. The van der Waals surface area contributed by atoms with Crippen molar-refractivity contribution in [2.75, 3.05) is 40.5 Å². The molecule has 1 aromatic carbocycles. The molecule has 0 atom stereocenters. The van der Waals surface area contributed by atoms with Gasteiger partial charge in [-0.25, -0.2) is 0 Å². The van der Waals surface area contributed by atoms with Crippen LogP contribution in [-0.4, -0.2) is 51.3 Å². The Balaban J connectivity index is 1.84. The molecule has 0 aromatic heterocycles. The molecule has 5 heteroatoms. The SMILES string of the molecule is CN=C(NCc1ccccc1OCC(C)C)N(C)CCC1CCOCC1. The fraction of sp³-hybridized carbons (Fsp3) is 0.667. The van der Waals surface area contributed by atoms with E-state index in [0.29, 0.717) is 12.5 Å². The standard InChI is InChI=1S/C21H35N3O2/c1-17(2)16-26-20-8-6-5-7-19(20)15-23-21(22-3)24(4)12-9-18-10-13-25-14-11-18/h5-8,17-18H,9-16H2,1-4H3,(H,22,23). The molecule has 0 unspecified atom stereocenters. The van der Waals surface area contributed by atoms with E-state index in [-0.39, 0.29) is 0 Å². The molecule has 146 valence electrons. The van der Waals surface area contributed by atoms with Crippen LogP contribution in [0.25, 0.3) is 0 Å². The van der Waals surface area contributed by atoms with E-state index in [4.69, 9.17) is 9.47 Å². The van der Waals surface area contributed by atoms with E-state index < -0.39 is 0 Å². The molecule has 1 fully saturated rings. The van der Waals surface area contributed by atoms with Crippen LogP contribution in [0.15, 0.2) is 29.3 Å². The summed E-state index contributed by atoms with van der Waals surface area (Å²) in [6.45, 7) is 8.60. The topological polar surface area (TPSA) is 46.1 Å². The van der Waals surface area contributed by atoms with Crippen LogP contribution in [0.2, 0.25) is 0 Å². The second kappa shape index (κ2) is 11.1. The number of aliphatic imine (C=N–C) groups is 1. The van der Waals surface area contributed by atoms with Crippen molar-refractivity contribution in [2.45, 2.75) is 39.7 Å². The van der Waals surface area contributed by atoms with Gasteiger partial charge < -0.3 is 19.7 Å². The highest BCUT2D eigenvalue weighted by Gasteiger charge is 2.15. The van der Waals surface area contributed by atoms with Crippen LogP contribution in [-0.2, 0) is 11.3 Å². The van der Waals surface area contributed by atoms with Gasteiger partial charge in [0.1, 0.15) is 5.75 Å². The zero-order valence-electron chi connectivity index (χ0n) is 16.8. The van der Waals surface area contributed by atoms with Gasteiger partial charge in [-0.15, -0.1) is 0 Å². The first kappa shape index (κ1) is 20.6. The molecule has 0 spiro atoms. The van der Waals surface area contributed by atoms with Crippen molar-refractivity contribution in [3.8, 4) is 5.75 Å². The molecule has 1 aromatic rings. The van der Waals surface area contributed by atoms with Crippen LogP contribution < -0.4 is 10.1 Å². The van der Waals surface area contributed by atoms with E-state index in [1.807, 2.05) is 19.2 Å². The summed E-state index contributed by atoms with van der Waals surface area (Å²) in [5.74, 6) is 3.17. The minimum atomic E-state index is 0.514. The van der Waals surface area contributed by atoms with Crippen LogP contribution in [0.1, 0.15) is 38.7 Å². The van der Waals surface area contributed by atoms with Crippen molar-refractivity contribution in [1.29, 1.82) is 0 Å². The zero-order valence-corrected chi connectivity index (χ0v) is 16.8. The molecule has 0 radical (unpaired) electrons. The molecule has 1 aliphatic rings. The molecule has 5 nitrogen and oxygen atoms in total. The number of nitrogens with zero attached hydrogens (tertiary/aromatic N) is 2. The quantitative estimate of drug-likeness (QED) is 0.568. The van der Waals surface area contributed by atoms with Gasteiger partial charge in [-0.1, -0.05) is 32.0 Å². The Kier molecular flexibility index (Phi) is 8.75. The summed E-state index contributed by atoms with van der Waals surface area (Å²) in [5, 5.41) is 3.47. The van der Waals surface area contributed by atoms with Crippen molar-refractivity contribution in [3.63, 3.8) is 0 Å². The Labute approximate surface area is 158 Å². The van der Waals surface area contributed by atoms with Crippen LogP contribution in [0.5, 0.6) is 5.75 Å². The second-order valence-electron chi connectivity index (χ2n) is 7.48. The van der Waals surface area contributed by atoms with E-state index in [0.717, 1.165) is 49.6 Å². The maximum absolute atomic E-state index is 5.95. The number of para-hydroxylation sites is 1. The normalized spacial score (nSPS) is 16.0. The lowest BCUT2D eigenvalue weighted by atomic mass is 9.96. The number of guanidine groups is 1. The summed E-state index contributed by atoms with van der Waals surface area (Å²) < 4.78 is 11.4. The summed E-state index contributed by atoms with van der Waals surface area (Å²) in [6, 6.07) is 8.22. The summed E-state index contributed by atoms with van der Waals surface area (Å²) in [6.07, 6.45) is 3.55. The highest BCUT2D eigenvalue weighted by molar-refractivity contribution is 5.79. The summed E-state index contributed by atoms with van der Waals surface area (Å²) in [4.78, 5) is 6.65. The van der Waals surface area contributed by atoms with Gasteiger partial charge >= 0.3 is 0 Å². The zero-order chi connectivity index (χ0) is 18.8. The molecule has 1 aliphatic heterocycles. The van der Waals surface area contributed by atoms with Crippen molar-refractivity contribution < 1.29 is 9.47 Å². The Morgan fingerprint density at radius 1 is 1.31 bits per heavy atom.